The van der Waals surface area contributed by atoms with Gasteiger partial charge in [-0.3, -0.25) is 4.84 Å². The Labute approximate surface area is 83.0 Å². The van der Waals surface area contributed by atoms with Crippen molar-refractivity contribution in [2.45, 2.75) is 13.0 Å². The molecule has 74 valence electrons. The smallest absolute Gasteiger partial charge is 0.103 e. The Morgan fingerprint density at radius 1 is 1.36 bits per heavy atom. The summed E-state index contributed by atoms with van der Waals surface area (Å²) in [4.78, 5) is 4.84. The van der Waals surface area contributed by atoms with Crippen molar-refractivity contribution in [2.75, 3.05) is 0 Å². The molecule has 0 amide bonds. The summed E-state index contributed by atoms with van der Waals surface area (Å²) in [7, 11) is 2.02. The Bertz CT molecular complexity index is 447. The van der Waals surface area contributed by atoms with Gasteiger partial charge in [-0.1, -0.05) is 18.2 Å². The number of hydrogen-bond donors (Lipinski definition) is 1. The number of hydrogen-bond acceptors (Lipinski definition) is 2. The molecule has 14 heavy (non-hydrogen) atoms. The van der Waals surface area contributed by atoms with Crippen LogP contribution in [0.25, 0.3) is 10.9 Å². The first kappa shape index (κ1) is 9.24. The zero-order valence-corrected chi connectivity index (χ0v) is 8.40. The van der Waals surface area contributed by atoms with Crippen LogP contribution in [0.3, 0.4) is 0 Å². The lowest BCUT2D eigenvalue weighted by Gasteiger charge is -2.06. The van der Waals surface area contributed by atoms with Gasteiger partial charge in [-0.05, 0) is 13.0 Å². The van der Waals surface area contributed by atoms with Gasteiger partial charge in [0, 0.05) is 29.7 Å². The molecule has 0 bridgehead atoms. The minimum atomic E-state index is -0.0684. The number of aromatic nitrogens is 1. The van der Waals surface area contributed by atoms with Crippen LogP contribution in [0, 0.1) is 0 Å². The van der Waals surface area contributed by atoms with E-state index in [4.69, 9.17) is 10.7 Å². The van der Waals surface area contributed by atoms with Crippen LogP contribution in [0.15, 0.2) is 30.5 Å². The van der Waals surface area contributed by atoms with Crippen molar-refractivity contribution in [3.8, 4) is 0 Å². The first-order valence-corrected chi connectivity index (χ1v) is 4.63. The lowest BCUT2D eigenvalue weighted by Crippen LogP contribution is -2.04. The summed E-state index contributed by atoms with van der Waals surface area (Å²) in [5.41, 5.74) is 2.33. The molecule has 0 saturated carbocycles. The fourth-order valence-electron chi connectivity index (χ4n) is 1.77. The highest BCUT2D eigenvalue weighted by atomic mass is 16.6. The molecule has 0 aliphatic carbocycles. The van der Waals surface area contributed by atoms with Crippen molar-refractivity contribution >= 4 is 10.9 Å². The van der Waals surface area contributed by atoms with Crippen LogP contribution in [0.1, 0.15) is 18.6 Å². The van der Waals surface area contributed by atoms with E-state index in [1.165, 1.54) is 10.9 Å². The van der Waals surface area contributed by atoms with Crippen LogP contribution in [0.4, 0.5) is 0 Å². The standard InChI is InChI=1S/C11H14N2O/c1-8(14-12)10-7-13(2)11-6-4-3-5-9(10)11/h3-8H,12H2,1-2H3. The minimum Gasteiger partial charge on any atom is -0.350 e. The molecule has 2 aromatic rings. The summed E-state index contributed by atoms with van der Waals surface area (Å²) in [6.45, 7) is 1.95. The maximum absolute atomic E-state index is 5.20. The summed E-state index contributed by atoms with van der Waals surface area (Å²) >= 11 is 0. The van der Waals surface area contributed by atoms with Crippen LogP contribution < -0.4 is 5.90 Å². The van der Waals surface area contributed by atoms with E-state index in [2.05, 4.69) is 22.9 Å². The number of nitrogens with two attached hydrogens (primary N) is 1. The predicted octanol–water partition coefficient (Wildman–Crippen LogP) is 2.13. The SMILES string of the molecule is CC(ON)c1cn(C)c2ccccc12. The van der Waals surface area contributed by atoms with Gasteiger partial charge in [-0.15, -0.1) is 0 Å². The third-order valence-electron chi connectivity index (χ3n) is 2.57. The highest BCUT2D eigenvalue weighted by Gasteiger charge is 2.11. The monoisotopic (exact) mass is 190 g/mol. The van der Waals surface area contributed by atoms with Gasteiger partial charge in [0.25, 0.3) is 0 Å². The third-order valence-corrected chi connectivity index (χ3v) is 2.57. The summed E-state index contributed by atoms with van der Waals surface area (Å²) in [6.07, 6.45) is 1.99. The van der Waals surface area contributed by atoms with E-state index in [9.17, 15) is 0 Å². The topological polar surface area (TPSA) is 40.2 Å². The van der Waals surface area contributed by atoms with Crippen molar-refractivity contribution in [3.63, 3.8) is 0 Å². The number of benzene rings is 1. The molecule has 1 aromatic heterocycles. The molecule has 0 fully saturated rings. The van der Waals surface area contributed by atoms with E-state index in [-0.39, 0.29) is 6.10 Å². The van der Waals surface area contributed by atoms with Crippen LogP contribution >= 0.6 is 0 Å². The summed E-state index contributed by atoms with van der Waals surface area (Å²) in [5, 5.41) is 1.20. The Kier molecular flexibility index (Phi) is 2.27. The zero-order chi connectivity index (χ0) is 10.1. The highest BCUT2D eigenvalue weighted by molar-refractivity contribution is 5.84. The summed E-state index contributed by atoms with van der Waals surface area (Å²) in [6, 6.07) is 8.22. The molecule has 3 nitrogen and oxygen atoms in total. The van der Waals surface area contributed by atoms with Gasteiger partial charge in [0.1, 0.15) is 6.10 Å². The summed E-state index contributed by atoms with van der Waals surface area (Å²) in [5.74, 6) is 5.20. The second-order valence-electron chi connectivity index (χ2n) is 3.49. The molecule has 1 heterocycles. The average Bonchev–Trinajstić information content (AvgIpc) is 2.56. The largest absolute Gasteiger partial charge is 0.350 e. The van der Waals surface area contributed by atoms with Gasteiger partial charge in [0.05, 0.1) is 0 Å². The third kappa shape index (κ3) is 1.31. The Morgan fingerprint density at radius 2 is 2.07 bits per heavy atom. The lowest BCUT2D eigenvalue weighted by atomic mass is 10.1. The molecule has 1 aromatic carbocycles. The van der Waals surface area contributed by atoms with E-state index in [0.29, 0.717) is 0 Å². The van der Waals surface area contributed by atoms with Crippen molar-refractivity contribution in [1.82, 2.24) is 4.57 Å². The van der Waals surface area contributed by atoms with E-state index >= 15 is 0 Å². The fourth-order valence-corrected chi connectivity index (χ4v) is 1.77. The molecular weight excluding hydrogens is 176 g/mol. The van der Waals surface area contributed by atoms with Crippen molar-refractivity contribution in [1.29, 1.82) is 0 Å². The van der Waals surface area contributed by atoms with Crippen LogP contribution in [-0.2, 0) is 11.9 Å². The number of rotatable bonds is 2. The molecule has 0 spiro atoms. The van der Waals surface area contributed by atoms with Crippen molar-refractivity contribution in [3.05, 3.63) is 36.0 Å². The molecule has 2 rings (SSSR count). The van der Waals surface area contributed by atoms with Gasteiger partial charge < -0.3 is 4.57 Å². The van der Waals surface area contributed by atoms with Crippen LogP contribution in [0.5, 0.6) is 0 Å². The molecule has 1 unspecified atom stereocenters. The Morgan fingerprint density at radius 3 is 2.79 bits per heavy atom. The second kappa shape index (κ2) is 3.44. The zero-order valence-electron chi connectivity index (χ0n) is 8.40. The number of para-hydroxylation sites is 1. The van der Waals surface area contributed by atoms with E-state index in [1.807, 2.05) is 26.1 Å². The average molecular weight is 190 g/mol. The highest BCUT2D eigenvalue weighted by Crippen LogP contribution is 2.26. The lowest BCUT2D eigenvalue weighted by molar-refractivity contribution is 0.0673. The molecule has 3 heteroatoms. The molecule has 0 aliphatic heterocycles. The van der Waals surface area contributed by atoms with Gasteiger partial charge in [-0.2, -0.15) is 0 Å². The number of fused-ring (bicyclic) bond motifs is 1. The van der Waals surface area contributed by atoms with Gasteiger partial charge in [-0.25, -0.2) is 5.90 Å². The molecular formula is C11H14N2O. The van der Waals surface area contributed by atoms with Crippen molar-refractivity contribution in [2.24, 2.45) is 12.9 Å². The molecule has 0 saturated heterocycles. The normalized spacial score (nSPS) is 13.4. The first-order valence-electron chi connectivity index (χ1n) is 4.63. The Hall–Kier alpha value is -1.32. The van der Waals surface area contributed by atoms with E-state index in [0.717, 1.165) is 5.56 Å². The van der Waals surface area contributed by atoms with Crippen LogP contribution in [-0.4, -0.2) is 4.57 Å². The maximum atomic E-state index is 5.20. The summed E-state index contributed by atoms with van der Waals surface area (Å²) < 4.78 is 2.08. The Balaban J connectivity index is 2.66. The predicted molar refractivity (Wildman–Crippen MR) is 56.6 cm³/mol. The second-order valence-corrected chi connectivity index (χ2v) is 3.49. The first-order chi connectivity index (χ1) is 6.74. The van der Waals surface area contributed by atoms with Crippen LogP contribution in [0.2, 0.25) is 0 Å². The van der Waals surface area contributed by atoms with E-state index < -0.39 is 0 Å². The van der Waals surface area contributed by atoms with Crippen molar-refractivity contribution < 1.29 is 4.84 Å². The van der Waals surface area contributed by atoms with Gasteiger partial charge >= 0.3 is 0 Å². The quantitative estimate of drug-likeness (QED) is 0.737. The minimum absolute atomic E-state index is 0.0684. The fraction of sp³-hybridized carbons (Fsp3) is 0.273. The number of nitrogens with zero attached hydrogens (tertiary/aromatic N) is 1. The molecule has 1 atom stereocenters. The van der Waals surface area contributed by atoms with E-state index in [1.54, 1.807) is 0 Å². The molecule has 0 aliphatic rings. The van der Waals surface area contributed by atoms with Gasteiger partial charge in [0.2, 0.25) is 0 Å². The molecule has 0 radical (unpaired) electrons. The molecule has 2 N–H and O–H groups in total. The van der Waals surface area contributed by atoms with Gasteiger partial charge in [0.15, 0.2) is 0 Å². The maximum Gasteiger partial charge on any atom is 0.103 e. The number of aryl methyl sites for hydroxylation is 1.